The van der Waals surface area contributed by atoms with Gasteiger partial charge in [-0.15, -0.1) is 0 Å². The van der Waals surface area contributed by atoms with Gasteiger partial charge >= 0.3 is 0 Å². The molecule has 1 aliphatic heterocycles. The molecule has 0 aromatic heterocycles. The first kappa shape index (κ1) is 13.8. The fraction of sp³-hybridized carbons (Fsp3) is 0.188. The number of anilines is 2. The van der Waals surface area contributed by atoms with Crippen LogP contribution in [0.25, 0.3) is 0 Å². The van der Waals surface area contributed by atoms with Gasteiger partial charge in [-0.25, -0.2) is 0 Å². The number of amides is 1. The molecule has 0 saturated heterocycles. The second kappa shape index (κ2) is 5.30. The highest BCUT2D eigenvalue weighted by Crippen LogP contribution is 2.31. The first-order chi connectivity index (χ1) is 10.1. The van der Waals surface area contributed by atoms with E-state index in [0.29, 0.717) is 10.6 Å². The molecule has 108 valence electrons. The van der Waals surface area contributed by atoms with Gasteiger partial charge in [0.05, 0.1) is 5.56 Å². The van der Waals surface area contributed by atoms with Crippen LogP contribution in [0, 0.1) is 0 Å². The van der Waals surface area contributed by atoms with Crippen LogP contribution in [-0.2, 0) is 0 Å². The Balaban J connectivity index is 1.94. The lowest BCUT2D eigenvalue weighted by molar-refractivity contribution is 0.0935. The Morgan fingerprint density at radius 1 is 1.10 bits per heavy atom. The van der Waals surface area contributed by atoms with E-state index in [-0.39, 0.29) is 12.1 Å². The molecule has 3 rings (SSSR count). The van der Waals surface area contributed by atoms with E-state index in [9.17, 15) is 4.79 Å². The molecular formula is C16H16ClN3O. The molecule has 1 unspecified atom stereocenters. The number of hydrogen-bond donors (Lipinski definition) is 2. The Hall–Kier alpha value is -2.20. The van der Waals surface area contributed by atoms with E-state index in [4.69, 9.17) is 11.6 Å². The molecule has 1 amide bonds. The van der Waals surface area contributed by atoms with Crippen LogP contribution in [0.15, 0.2) is 42.5 Å². The molecule has 1 heterocycles. The molecular weight excluding hydrogens is 286 g/mol. The molecule has 5 heteroatoms. The normalized spacial score (nSPS) is 16.7. The van der Waals surface area contributed by atoms with Crippen molar-refractivity contribution in [1.29, 1.82) is 0 Å². The molecule has 21 heavy (non-hydrogen) atoms. The second-order valence-electron chi connectivity index (χ2n) is 5.20. The molecule has 4 nitrogen and oxygen atoms in total. The van der Waals surface area contributed by atoms with Crippen molar-refractivity contribution < 1.29 is 4.79 Å². The largest absolute Gasteiger partial charge is 0.378 e. The number of nitrogens with one attached hydrogen (secondary N) is 2. The fourth-order valence-electron chi connectivity index (χ4n) is 2.39. The quantitative estimate of drug-likeness (QED) is 0.895. The van der Waals surface area contributed by atoms with E-state index in [2.05, 4.69) is 10.6 Å². The molecule has 0 aliphatic carbocycles. The number of benzene rings is 2. The van der Waals surface area contributed by atoms with E-state index in [1.54, 1.807) is 6.07 Å². The molecule has 0 saturated carbocycles. The van der Waals surface area contributed by atoms with Crippen LogP contribution in [0.1, 0.15) is 22.1 Å². The average Bonchev–Trinajstić information content (AvgIpc) is 2.47. The van der Waals surface area contributed by atoms with Crippen molar-refractivity contribution >= 4 is 28.9 Å². The maximum absolute atomic E-state index is 12.2. The summed E-state index contributed by atoms with van der Waals surface area (Å²) in [5.41, 5.74) is 3.34. The van der Waals surface area contributed by atoms with Gasteiger partial charge in [0.2, 0.25) is 0 Å². The van der Waals surface area contributed by atoms with Crippen molar-refractivity contribution in [3.8, 4) is 0 Å². The number of fused-ring (bicyclic) bond motifs is 1. The molecule has 0 spiro atoms. The minimum Gasteiger partial charge on any atom is -0.378 e. The van der Waals surface area contributed by atoms with Crippen molar-refractivity contribution in [2.24, 2.45) is 0 Å². The zero-order chi connectivity index (χ0) is 15.0. The third kappa shape index (κ3) is 2.54. The number of carbonyl (C=O) groups excluding carboxylic acids is 1. The summed E-state index contributed by atoms with van der Waals surface area (Å²) in [5.74, 6) is -0.0953. The van der Waals surface area contributed by atoms with E-state index < -0.39 is 0 Å². The Labute approximate surface area is 128 Å². The van der Waals surface area contributed by atoms with Gasteiger partial charge in [0, 0.05) is 36.1 Å². The van der Waals surface area contributed by atoms with Crippen molar-refractivity contribution in [3.63, 3.8) is 0 Å². The SMILES string of the molecule is CN(C)c1ccc(C2NC(=O)c3ccccc3N2)c(Cl)c1. The van der Waals surface area contributed by atoms with Gasteiger partial charge in [0.15, 0.2) is 0 Å². The summed E-state index contributed by atoms with van der Waals surface area (Å²) >= 11 is 6.36. The average molecular weight is 302 g/mol. The molecule has 2 aromatic carbocycles. The van der Waals surface area contributed by atoms with Gasteiger partial charge in [-0.2, -0.15) is 0 Å². The predicted octanol–water partition coefficient (Wildman–Crippen LogP) is 3.26. The van der Waals surface area contributed by atoms with E-state index in [0.717, 1.165) is 16.9 Å². The summed E-state index contributed by atoms with van der Waals surface area (Å²) < 4.78 is 0. The molecule has 1 atom stereocenters. The molecule has 2 N–H and O–H groups in total. The molecule has 0 fully saturated rings. The van der Waals surface area contributed by atoms with Crippen LogP contribution in [0.5, 0.6) is 0 Å². The van der Waals surface area contributed by atoms with Crippen LogP contribution < -0.4 is 15.5 Å². The molecule has 0 radical (unpaired) electrons. The Morgan fingerprint density at radius 3 is 2.57 bits per heavy atom. The van der Waals surface area contributed by atoms with Crippen LogP contribution in [-0.4, -0.2) is 20.0 Å². The minimum atomic E-state index is -0.323. The Kier molecular flexibility index (Phi) is 3.47. The highest BCUT2D eigenvalue weighted by molar-refractivity contribution is 6.31. The van der Waals surface area contributed by atoms with E-state index in [1.165, 1.54) is 0 Å². The van der Waals surface area contributed by atoms with Gasteiger partial charge in [0.25, 0.3) is 5.91 Å². The van der Waals surface area contributed by atoms with Crippen LogP contribution in [0.3, 0.4) is 0 Å². The molecule has 1 aliphatic rings. The maximum Gasteiger partial charge on any atom is 0.255 e. The number of hydrogen-bond acceptors (Lipinski definition) is 3. The minimum absolute atomic E-state index is 0.0953. The second-order valence-corrected chi connectivity index (χ2v) is 5.60. The van der Waals surface area contributed by atoms with Crippen LogP contribution in [0.2, 0.25) is 5.02 Å². The smallest absolute Gasteiger partial charge is 0.255 e. The zero-order valence-electron chi connectivity index (χ0n) is 11.9. The lowest BCUT2D eigenvalue weighted by atomic mass is 10.1. The maximum atomic E-state index is 12.2. The number of rotatable bonds is 2. The monoisotopic (exact) mass is 301 g/mol. The summed E-state index contributed by atoms with van der Waals surface area (Å²) in [4.78, 5) is 14.1. The molecule has 2 aromatic rings. The van der Waals surface area contributed by atoms with Crippen molar-refractivity contribution in [1.82, 2.24) is 5.32 Å². The topological polar surface area (TPSA) is 44.4 Å². The molecule has 0 bridgehead atoms. The highest BCUT2D eigenvalue weighted by atomic mass is 35.5. The van der Waals surface area contributed by atoms with Gasteiger partial charge in [-0.1, -0.05) is 29.8 Å². The third-order valence-electron chi connectivity index (χ3n) is 3.56. The lowest BCUT2D eigenvalue weighted by Crippen LogP contribution is -2.38. The third-order valence-corrected chi connectivity index (χ3v) is 3.89. The summed E-state index contributed by atoms with van der Waals surface area (Å²) in [6.07, 6.45) is -0.323. The summed E-state index contributed by atoms with van der Waals surface area (Å²) in [6, 6.07) is 13.2. The van der Waals surface area contributed by atoms with E-state index >= 15 is 0 Å². The zero-order valence-corrected chi connectivity index (χ0v) is 12.6. The van der Waals surface area contributed by atoms with Gasteiger partial charge < -0.3 is 15.5 Å². The standard InChI is InChI=1S/C16H16ClN3O/c1-20(2)10-7-8-11(13(17)9-10)15-18-14-6-4-3-5-12(14)16(21)19-15/h3-9,15,18H,1-2H3,(H,19,21). The Morgan fingerprint density at radius 2 is 1.86 bits per heavy atom. The first-order valence-corrected chi connectivity index (χ1v) is 7.07. The van der Waals surface area contributed by atoms with Gasteiger partial charge in [0.1, 0.15) is 6.17 Å². The summed E-state index contributed by atoms with van der Waals surface area (Å²) in [6.45, 7) is 0. The summed E-state index contributed by atoms with van der Waals surface area (Å²) in [7, 11) is 3.92. The van der Waals surface area contributed by atoms with Crippen molar-refractivity contribution in [3.05, 3.63) is 58.6 Å². The number of para-hydroxylation sites is 1. The van der Waals surface area contributed by atoms with Crippen molar-refractivity contribution in [2.75, 3.05) is 24.3 Å². The van der Waals surface area contributed by atoms with E-state index in [1.807, 2.05) is 55.4 Å². The lowest BCUT2D eigenvalue weighted by Gasteiger charge is -2.29. The number of halogens is 1. The first-order valence-electron chi connectivity index (χ1n) is 6.69. The Bertz CT molecular complexity index is 700. The van der Waals surface area contributed by atoms with Gasteiger partial charge in [-0.3, -0.25) is 4.79 Å². The van der Waals surface area contributed by atoms with Crippen LogP contribution in [0.4, 0.5) is 11.4 Å². The number of carbonyl (C=O) groups is 1. The number of nitrogens with zero attached hydrogens (tertiary/aromatic N) is 1. The summed E-state index contributed by atoms with van der Waals surface area (Å²) in [5, 5.41) is 6.86. The highest BCUT2D eigenvalue weighted by Gasteiger charge is 2.25. The van der Waals surface area contributed by atoms with Crippen LogP contribution >= 0.6 is 11.6 Å². The fourth-order valence-corrected chi connectivity index (χ4v) is 2.68. The van der Waals surface area contributed by atoms with Crippen molar-refractivity contribution in [2.45, 2.75) is 6.17 Å². The predicted molar refractivity (Wildman–Crippen MR) is 86.1 cm³/mol. The van der Waals surface area contributed by atoms with Gasteiger partial charge in [-0.05, 0) is 24.3 Å².